The Morgan fingerprint density at radius 2 is 1.56 bits per heavy atom. The van der Waals surface area contributed by atoms with Crippen LogP contribution in [-0.4, -0.2) is 77.9 Å². The molecule has 1 saturated carbocycles. The second kappa shape index (κ2) is 8.04. The van der Waals surface area contributed by atoms with Crippen molar-refractivity contribution in [1.29, 1.82) is 0 Å². The van der Waals surface area contributed by atoms with Crippen LogP contribution in [-0.2, 0) is 9.59 Å². The normalized spacial score (nSPS) is 25.4. The van der Waals surface area contributed by atoms with E-state index in [1.54, 1.807) is 0 Å². The predicted octanol–water partition coefficient (Wildman–Crippen LogP) is 1.05. The number of carbonyl (C=O) groups excluding carboxylic acids is 2. The molecule has 0 aromatic carbocycles. The number of piperazine rings is 1. The van der Waals surface area contributed by atoms with Gasteiger partial charge in [0.05, 0.1) is 5.54 Å². The van der Waals surface area contributed by atoms with Gasteiger partial charge in [-0.25, -0.2) is 0 Å². The molecule has 2 heterocycles. The molecular weight excluding hydrogens is 316 g/mol. The van der Waals surface area contributed by atoms with Gasteiger partial charge in [0, 0.05) is 45.7 Å². The van der Waals surface area contributed by atoms with Gasteiger partial charge in [-0.1, -0.05) is 19.8 Å². The molecule has 0 bridgehead atoms. The Labute approximate surface area is 151 Å². The summed E-state index contributed by atoms with van der Waals surface area (Å²) in [5, 5.41) is 0. The lowest BCUT2D eigenvalue weighted by molar-refractivity contribution is -0.138. The number of amides is 2. The van der Waals surface area contributed by atoms with E-state index in [-0.39, 0.29) is 5.91 Å². The fraction of sp³-hybridized carbons (Fsp3) is 0.895. The highest BCUT2D eigenvalue weighted by Crippen LogP contribution is 2.31. The van der Waals surface area contributed by atoms with E-state index in [4.69, 9.17) is 5.73 Å². The van der Waals surface area contributed by atoms with Crippen LogP contribution in [0.2, 0.25) is 0 Å². The first kappa shape index (κ1) is 18.6. The summed E-state index contributed by atoms with van der Waals surface area (Å²) in [6, 6.07) is 0. The van der Waals surface area contributed by atoms with Crippen molar-refractivity contribution in [2.45, 2.75) is 57.4 Å². The van der Waals surface area contributed by atoms with E-state index < -0.39 is 5.54 Å². The molecule has 0 atom stereocenters. The number of hydrogen-bond donors (Lipinski definition) is 1. The van der Waals surface area contributed by atoms with Crippen molar-refractivity contribution in [3.05, 3.63) is 0 Å². The van der Waals surface area contributed by atoms with Crippen molar-refractivity contribution in [3.8, 4) is 0 Å². The van der Waals surface area contributed by atoms with E-state index >= 15 is 0 Å². The number of carbonyl (C=O) groups is 2. The van der Waals surface area contributed by atoms with Gasteiger partial charge < -0.3 is 20.4 Å². The van der Waals surface area contributed by atoms with Crippen molar-refractivity contribution in [2.24, 2.45) is 11.7 Å². The number of likely N-dealkylation sites (N-methyl/N-ethyl adjacent to an activating group) is 1. The third kappa shape index (κ3) is 4.34. The highest BCUT2D eigenvalue weighted by Gasteiger charge is 2.40. The molecule has 2 N–H and O–H groups in total. The Balaban J connectivity index is 1.42. The monoisotopic (exact) mass is 350 g/mol. The molecule has 0 unspecified atom stereocenters. The van der Waals surface area contributed by atoms with Gasteiger partial charge in [-0.2, -0.15) is 0 Å². The maximum atomic E-state index is 12.7. The van der Waals surface area contributed by atoms with Crippen molar-refractivity contribution < 1.29 is 9.59 Å². The Kier molecular flexibility index (Phi) is 6.00. The molecule has 6 nitrogen and oxygen atoms in total. The minimum absolute atomic E-state index is 0.144. The van der Waals surface area contributed by atoms with Gasteiger partial charge in [0.2, 0.25) is 11.8 Å². The van der Waals surface area contributed by atoms with E-state index in [1.165, 1.54) is 0 Å². The van der Waals surface area contributed by atoms with Crippen LogP contribution in [0.1, 0.15) is 51.9 Å². The molecule has 1 aliphatic carbocycles. The van der Waals surface area contributed by atoms with Crippen molar-refractivity contribution in [1.82, 2.24) is 14.7 Å². The zero-order valence-electron chi connectivity index (χ0n) is 15.7. The molecule has 0 aromatic rings. The standard InChI is InChI=1S/C19H34N4O2/c1-2-21-11-13-22(14-12-21)17(24)15-16-5-9-23(10-6-16)18(25)19(20)7-3-4-8-19/h16H,2-15,20H2,1H3. The first-order chi connectivity index (χ1) is 12.0. The summed E-state index contributed by atoms with van der Waals surface area (Å²) in [7, 11) is 0. The zero-order valence-corrected chi connectivity index (χ0v) is 15.7. The average Bonchev–Trinajstić information content (AvgIpc) is 3.09. The van der Waals surface area contributed by atoms with E-state index in [9.17, 15) is 9.59 Å². The molecule has 3 fully saturated rings. The van der Waals surface area contributed by atoms with Crippen LogP contribution >= 0.6 is 0 Å². The van der Waals surface area contributed by atoms with E-state index in [2.05, 4.69) is 11.8 Å². The summed E-state index contributed by atoms with van der Waals surface area (Å²) in [5.41, 5.74) is 5.70. The number of nitrogens with two attached hydrogens (primary N) is 1. The lowest BCUT2D eigenvalue weighted by Crippen LogP contribution is -2.55. The van der Waals surface area contributed by atoms with Crippen molar-refractivity contribution in [2.75, 3.05) is 45.8 Å². The lowest BCUT2D eigenvalue weighted by Gasteiger charge is -2.38. The van der Waals surface area contributed by atoms with Gasteiger partial charge in [-0.3, -0.25) is 9.59 Å². The largest absolute Gasteiger partial charge is 0.341 e. The Morgan fingerprint density at radius 1 is 0.960 bits per heavy atom. The fourth-order valence-electron chi connectivity index (χ4n) is 4.56. The molecule has 3 aliphatic rings. The van der Waals surface area contributed by atoms with Crippen LogP contribution < -0.4 is 5.73 Å². The van der Waals surface area contributed by atoms with E-state index in [1.807, 2.05) is 9.80 Å². The van der Waals surface area contributed by atoms with E-state index in [0.717, 1.165) is 84.3 Å². The number of rotatable bonds is 4. The first-order valence-corrected chi connectivity index (χ1v) is 10.1. The summed E-state index contributed by atoms with van der Waals surface area (Å²) in [4.78, 5) is 31.6. The van der Waals surface area contributed by atoms with Gasteiger partial charge >= 0.3 is 0 Å². The summed E-state index contributed by atoms with van der Waals surface area (Å²) in [5.74, 6) is 0.857. The number of piperidine rings is 1. The van der Waals surface area contributed by atoms with Crippen LogP contribution in [0.15, 0.2) is 0 Å². The molecule has 2 amide bonds. The molecule has 0 aromatic heterocycles. The lowest BCUT2D eigenvalue weighted by atomic mass is 9.90. The topological polar surface area (TPSA) is 69.9 Å². The molecule has 0 spiro atoms. The molecule has 0 radical (unpaired) electrons. The summed E-state index contributed by atoms with van der Waals surface area (Å²) in [6.07, 6.45) is 6.30. The number of hydrogen-bond acceptors (Lipinski definition) is 4. The predicted molar refractivity (Wildman–Crippen MR) is 98.0 cm³/mol. The zero-order chi connectivity index (χ0) is 17.9. The average molecular weight is 351 g/mol. The van der Waals surface area contributed by atoms with Crippen LogP contribution in [0.3, 0.4) is 0 Å². The maximum Gasteiger partial charge on any atom is 0.242 e. The molecule has 3 rings (SSSR count). The molecule has 2 aliphatic heterocycles. The summed E-state index contributed by atoms with van der Waals surface area (Å²) >= 11 is 0. The third-order valence-corrected chi connectivity index (χ3v) is 6.46. The third-order valence-electron chi connectivity index (χ3n) is 6.46. The Hall–Kier alpha value is -1.14. The van der Waals surface area contributed by atoms with Crippen LogP contribution in [0.25, 0.3) is 0 Å². The first-order valence-electron chi connectivity index (χ1n) is 10.1. The highest BCUT2D eigenvalue weighted by molar-refractivity contribution is 5.86. The SMILES string of the molecule is CCN1CCN(C(=O)CC2CCN(C(=O)C3(N)CCCC3)CC2)CC1. The minimum atomic E-state index is -0.610. The minimum Gasteiger partial charge on any atom is -0.341 e. The molecular formula is C19H34N4O2. The molecule has 6 heteroatoms. The van der Waals surface area contributed by atoms with Gasteiger partial charge in [0.25, 0.3) is 0 Å². The Bertz CT molecular complexity index is 474. The molecule has 142 valence electrons. The number of nitrogens with zero attached hydrogens (tertiary/aromatic N) is 3. The van der Waals surface area contributed by atoms with Crippen LogP contribution in [0.5, 0.6) is 0 Å². The van der Waals surface area contributed by atoms with Crippen molar-refractivity contribution >= 4 is 11.8 Å². The van der Waals surface area contributed by atoms with Crippen LogP contribution in [0.4, 0.5) is 0 Å². The van der Waals surface area contributed by atoms with Crippen molar-refractivity contribution in [3.63, 3.8) is 0 Å². The number of likely N-dealkylation sites (tertiary alicyclic amines) is 1. The fourth-order valence-corrected chi connectivity index (χ4v) is 4.56. The molecule has 25 heavy (non-hydrogen) atoms. The highest BCUT2D eigenvalue weighted by atomic mass is 16.2. The second-order valence-electron chi connectivity index (χ2n) is 8.12. The summed E-state index contributed by atoms with van der Waals surface area (Å²) in [6.45, 7) is 8.47. The smallest absolute Gasteiger partial charge is 0.242 e. The van der Waals surface area contributed by atoms with E-state index in [0.29, 0.717) is 18.2 Å². The maximum absolute atomic E-state index is 12.7. The Morgan fingerprint density at radius 3 is 2.12 bits per heavy atom. The summed E-state index contributed by atoms with van der Waals surface area (Å²) < 4.78 is 0. The second-order valence-corrected chi connectivity index (χ2v) is 8.12. The van der Waals surface area contributed by atoms with Gasteiger partial charge in [0.1, 0.15) is 0 Å². The molecule has 2 saturated heterocycles. The quantitative estimate of drug-likeness (QED) is 0.823. The van der Waals surface area contributed by atoms with Gasteiger partial charge in [-0.05, 0) is 38.1 Å². The van der Waals surface area contributed by atoms with Gasteiger partial charge in [0.15, 0.2) is 0 Å². The van der Waals surface area contributed by atoms with Crippen LogP contribution in [0, 0.1) is 5.92 Å². The van der Waals surface area contributed by atoms with Gasteiger partial charge in [-0.15, -0.1) is 0 Å².